The summed E-state index contributed by atoms with van der Waals surface area (Å²) >= 11 is 7.44. The van der Waals surface area contributed by atoms with E-state index in [1.165, 1.54) is 0 Å². The van der Waals surface area contributed by atoms with Crippen molar-refractivity contribution >= 4 is 35.0 Å². The number of amides is 1. The van der Waals surface area contributed by atoms with Gasteiger partial charge in [-0.3, -0.25) is 4.79 Å². The van der Waals surface area contributed by atoms with Crippen LogP contribution in [0.25, 0.3) is 0 Å². The number of carbonyl (C=O) groups is 1. The molecule has 0 fully saturated rings. The van der Waals surface area contributed by atoms with Crippen LogP contribution in [0.4, 0.5) is 5.69 Å². The Kier molecular flexibility index (Phi) is 6.79. The number of ether oxygens (including phenoxy) is 1. The lowest BCUT2D eigenvalue weighted by Crippen LogP contribution is -2.12. The highest BCUT2D eigenvalue weighted by atomic mass is 35.5. The molecule has 0 aliphatic heterocycles. The molecule has 0 spiro atoms. The molecule has 0 bridgehead atoms. The zero-order valence-corrected chi connectivity index (χ0v) is 13.9. The third kappa shape index (κ3) is 6.23. The molecule has 0 atom stereocenters. The van der Waals surface area contributed by atoms with E-state index in [0.717, 1.165) is 4.90 Å². The first-order valence-corrected chi connectivity index (χ1v) is 8.32. The maximum Gasteiger partial charge on any atom is 0.225 e. The van der Waals surface area contributed by atoms with E-state index in [0.29, 0.717) is 28.6 Å². The number of anilines is 1. The SMILES string of the molecule is N#CCOc1ccc(NC(=O)CCSc2ccc(Cl)cc2)cc1. The molecule has 0 aliphatic carbocycles. The molecule has 23 heavy (non-hydrogen) atoms. The molecule has 2 aromatic carbocycles. The van der Waals surface area contributed by atoms with Crippen molar-refractivity contribution in [3.05, 3.63) is 53.6 Å². The largest absolute Gasteiger partial charge is 0.479 e. The van der Waals surface area contributed by atoms with Gasteiger partial charge in [0.25, 0.3) is 0 Å². The van der Waals surface area contributed by atoms with Crippen molar-refractivity contribution in [1.29, 1.82) is 5.26 Å². The van der Waals surface area contributed by atoms with Crippen LogP contribution in [-0.2, 0) is 4.79 Å². The number of benzene rings is 2. The Balaban J connectivity index is 1.74. The normalized spacial score (nSPS) is 9.91. The number of halogens is 1. The Bertz CT molecular complexity index is 681. The van der Waals surface area contributed by atoms with Crippen molar-refractivity contribution in [2.45, 2.75) is 11.3 Å². The van der Waals surface area contributed by atoms with Gasteiger partial charge in [-0.05, 0) is 48.5 Å². The lowest BCUT2D eigenvalue weighted by atomic mass is 10.3. The molecule has 1 amide bonds. The second-order valence-corrected chi connectivity index (χ2v) is 6.18. The van der Waals surface area contributed by atoms with Crippen molar-refractivity contribution in [1.82, 2.24) is 0 Å². The van der Waals surface area contributed by atoms with Crippen LogP contribution in [0, 0.1) is 11.3 Å². The van der Waals surface area contributed by atoms with Gasteiger partial charge >= 0.3 is 0 Å². The number of nitrogens with one attached hydrogen (secondary N) is 1. The van der Waals surface area contributed by atoms with Gasteiger partial charge < -0.3 is 10.1 Å². The van der Waals surface area contributed by atoms with Crippen LogP contribution in [-0.4, -0.2) is 18.3 Å². The molecular formula is C17H15ClN2O2S. The van der Waals surface area contributed by atoms with E-state index >= 15 is 0 Å². The maximum atomic E-state index is 11.9. The molecule has 0 radical (unpaired) electrons. The summed E-state index contributed by atoms with van der Waals surface area (Å²) in [5.74, 6) is 1.25. The van der Waals surface area contributed by atoms with Gasteiger partial charge in [0.2, 0.25) is 5.91 Å². The Morgan fingerprint density at radius 1 is 1.17 bits per heavy atom. The average Bonchev–Trinajstić information content (AvgIpc) is 2.56. The highest BCUT2D eigenvalue weighted by molar-refractivity contribution is 7.99. The highest BCUT2D eigenvalue weighted by Gasteiger charge is 2.04. The third-order valence-corrected chi connectivity index (χ3v) is 4.12. The Hall–Kier alpha value is -2.16. The first kappa shape index (κ1) is 17.2. The molecular weight excluding hydrogens is 332 g/mol. The summed E-state index contributed by atoms with van der Waals surface area (Å²) in [4.78, 5) is 13.0. The van der Waals surface area contributed by atoms with E-state index in [9.17, 15) is 4.79 Å². The summed E-state index contributed by atoms with van der Waals surface area (Å²) in [6.07, 6.45) is 0.417. The first-order chi connectivity index (χ1) is 11.2. The van der Waals surface area contributed by atoms with E-state index in [2.05, 4.69) is 5.32 Å². The molecule has 2 aromatic rings. The summed E-state index contributed by atoms with van der Waals surface area (Å²) in [5.41, 5.74) is 0.704. The molecule has 0 saturated heterocycles. The fraction of sp³-hybridized carbons (Fsp3) is 0.176. The quantitative estimate of drug-likeness (QED) is 0.756. The fourth-order valence-electron chi connectivity index (χ4n) is 1.77. The Labute approximate surface area is 144 Å². The van der Waals surface area contributed by atoms with Gasteiger partial charge in [0, 0.05) is 27.8 Å². The lowest BCUT2D eigenvalue weighted by Gasteiger charge is -2.07. The van der Waals surface area contributed by atoms with Crippen molar-refractivity contribution in [2.75, 3.05) is 17.7 Å². The van der Waals surface area contributed by atoms with E-state index in [4.69, 9.17) is 21.6 Å². The van der Waals surface area contributed by atoms with E-state index < -0.39 is 0 Å². The predicted octanol–water partition coefficient (Wildman–Crippen LogP) is 4.36. The van der Waals surface area contributed by atoms with Crippen LogP contribution >= 0.6 is 23.4 Å². The van der Waals surface area contributed by atoms with Gasteiger partial charge in [-0.1, -0.05) is 11.6 Å². The zero-order valence-electron chi connectivity index (χ0n) is 12.3. The van der Waals surface area contributed by atoms with Gasteiger partial charge in [-0.2, -0.15) is 5.26 Å². The molecule has 6 heteroatoms. The van der Waals surface area contributed by atoms with Gasteiger partial charge in [0.15, 0.2) is 6.61 Å². The minimum Gasteiger partial charge on any atom is -0.479 e. The smallest absolute Gasteiger partial charge is 0.225 e. The standard InChI is InChI=1S/C17H15ClN2O2S/c18-13-1-7-16(8-2-13)23-12-9-17(21)20-14-3-5-15(6-4-14)22-11-10-19/h1-8H,9,11-12H2,(H,20,21). The van der Waals surface area contributed by atoms with Crippen LogP contribution in [0.3, 0.4) is 0 Å². The third-order valence-electron chi connectivity index (χ3n) is 2.85. The second-order valence-electron chi connectivity index (χ2n) is 4.57. The van der Waals surface area contributed by atoms with Gasteiger partial charge in [-0.15, -0.1) is 11.8 Å². The van der Waals surface area contributed by atoms with Crippen molar-refractivity contribution in [3.63, 3.8) is 0 Å². The molecule has 1 N–H and O–H groups in total. The van der Waals surface area contributed by atoms with Crippen molar-refractivity contribution in [2.24, 2.45) is 0 Å². The number of carbonyl (C=O) groups excluding carboxylic acids is 1. The van der Waals surface area contributed by atoms with Gasteiger partial charge in [0.05, 0.1) is 0 Å². The molecule has 2 rings (SSSR count). The van der Waals surface area contributed by atoms with Crippen LogP contribution in [0.5, 0.6) is 5.75 Å². The molecule has 0 aliphatic rings. The van der Waals surface area contributed by atoms with E-state index in [1.807, 2.05) is 30.3 Å². The summed E-state index contributed by atoms with van der Waals surface area (Å²) in [5, 5.41) is 12.0. The summed E-state index contributed by atoms with van der Waals surface area (Å²) < 4.78 is 5.15. The number of thioether (sulfide) groups is 1. The topological polar surface area (TPSA) is 62.1 Å². The van der Waals surface area contributed by atoms with E-state index in [1.54, 1.807) is 36.0 Å². The fourth-order valence-corrected chi connectivity index (χ4v) is 2.74. The molecule has 0 heterocycles. The van der Waals surface area contributed by atoms with Gasteiger partial charge in [0.1, 0.15) is 11.8 Å². The molecule has 0 saturated carbocycles. The van der Waals surface area contributed by atoms with Gasteiger partial charge in [-0.25, -0.2) is 0 Å². The maximum absolute atomic E-state index is 11.9. The van der Waals surface area contributed by atoms with Crippen LogP contribution < -0.4 is 10.1 Å². The summed E-state index contributed by atoms with van der Waals surface area (Å²) in [6.45, 7) is 0.00757. The monoisotopic (exact) mass is 346 g/mol. The van der Waals surface area contributed by atoms with Crippen molar-refractivity contribution < 1.29 is 9.53 Å². The van der Waals surface area contributed by atoms with Crippen LogP contribution in [0.1, 0.15) is 6.42 Å². The molecule has 0 aromatic heterocycles. The highest BCUT2D eigenvalue weighted by Crippen LogP contribution is 2.21. The first-order valence-electron chi connectivity index (χ1n) is 6.95. The van der Waals surface area contributed by atoms with Crippen LogP contribution in [0.15, 0.2) is 53.4 Å². The second kappa shape index (κ2) is 9.09. The Morgan fingerprint density at radius 3 is 2.52 bits per heavy atom. The summed E-state index contributed by atoms with van der Waals surface area (Å²) in [6, 6.07) is 16.4. The summed E-state index contributed by atoms with van der Waals surface area (Å²) in [7, 11) is 0. The number of rotatable bonds is 7. The number of nitrogens with zero attached hydrogens (tertiary/aromatic N) is 1. The average molecular weight is 347 g/mol. The molecule has 118 valence electrons. The van der Waals surface area contributed by atoms with Crippen molar-refractivity contribution in [3.8, 4) is 11.8 Å². The Morgan fingerprint density at radius 2 is 1.87 bits per heavy atom. The minimum atomic E-state index is -0.0443. The number of nitriles is 1. The van der Waals surface area contributed by atoms with Crippen LogP contribution in [0.2, 0.25) is 5.02 Å². The molecule has 0 unspecified atom stereocenters. The predicted molar refractivity (Wildman–Crippen MR) is 93.0 cm³/mol. The zero-order chi connectivity index (χ0) is 16.5. The molecule has 4 nitrogen and oxygen atoms in total. The number of hydrogen-bond donors (Lipinski definition) is 1. The van der Waals surface area contributed by atoms with E-state index in [-0.39, 0.29) is 12.5 Å². The minimum absolute atomic E-state index is 0.00757. The lowest BCUT2D eigenvalue weighted by molar-refractivity contribution is -0.115. The number of hydrogen-bond acceptors (Lipinski definition) is 4.